The fourth-order valence-corrected chi connectivity index (χ4v) is 13.9. The molecule has 0 amide bonds. The van der Waals surface area contributed by atoms with E-state index in [0.717, 1.165) is 66.1 Å². The second-order valence-electron chi connectivity index (χ2n) is 17.6. The molecule has 12 heteroatoms. The molecule has 0 aliphatic carbocycles. The van der Waals surface area contributed by atoms with Crippen LogP contribution in [-0.2, 0) is 18.9 Å². The predicted octanol–water partition coefficient (Wildman–Crippen LogP) is 16.7. The third kappa shape index (κ3) is 9.88. The summed E-state index contributed by atoms with van der Waals surface area (Å²) < 4.78 is 19.6. The summed E-state index contributed by atoms with van der Waals surface area (Å²) in [5.41, 5.74) is 10.9. The van der Waals surface area contributed by atoms with E-state index in [9.17, 15) is 19.2 Å². The van der Waals surface area contributed by atoms with Gasteiger partial charge in [-0.05, 0) is 151 Å². The summed E-state index contributed by atoms with van der Waals surface area (Å²) in [7, 11) is 5.59. The van der Waals surface area contributed by atoms with E-state index in [4.69, 9.17) is 18.9 Å². The van der Waals surface area contributed by atoms with Crippen molar-refractivity contribution < 1.29 is 38.1 Å². The molecule has 0 N–H and O–H groups in total. The first-order valence-corrected chi connectivity index (χ1v) is 27.2. The molecule has 0 atom stereocenters. The van der Waals surface area contributed by atoms with Crippen molar-refractivity contribution in [3.05, 3.63) is 216 Å². The van der Waals surface area contributed by atoms with Gasteiger partial charge >= 0.3 is 23.9 Å². The molecule has 0 radical (unpaired) electrons. The van der Waals surface area contributed by atoms with Crippen molar-refractivity contribution in [3.8, 4) is 44.5 Å². The normalized spacial score (nSPS) is 11.9. The van der Waals surface area contributed by atoms with Crippen LogP contribution in [0.2, 0.25) is 0 Å². The Bertz CT molecular complexity index is 3710. The zero-order valence-corrected chi connectivity index (χ0v) is 44.6. The van der Waals surface area contributed by atoms with E-state index in [1.807, 2.05) is 84.9 Å². The van der Waals surface area contributed by atoms with Gasteiger partial charge in [-0.2, -0.15) is 0 Å². The molecule has 0 saturated carbocycles. The molecule has 0 unspecified atom stereocenters. The van der Waals surface area contributed by atoms with Crippen LogP contribution in [0.15, 0.2) is 233 Å². The molecular weight excluding hydrogens is 1020 g/mol. The van der Waals surface area contributed by atoms with Gasteiger partial charge in [0.1, 0.15) is 0 Å². The first kappa shape index (κ1) is 50.2. The SMILES string of the molecule is COC(=O)c1ccc(-c2ccc3c(c2)Sc2ccc(-c4ccc(C(=O)OC)c5ccccc45)cc2S3)c2ccccc12.COC(=O)c1ccc(-c2ccc3c(c2)Sc2ccc(-c4ccc(C(=O)OC)cc4)cc2S3)cc1. The Morgan fingerprint density at radius 3 is 0.895 bits per heavy atom. The van der Waals surface area contributed by atoms with Crippen LogP contribution in [-0.4, -0.2) is 52.3 Å². The van der Waals surface area contributed by atoms with Crippen LogP contribution in [0, 0.1) is 0 Å². The predicted molar refractivity (Wildman–Crippen MR) is 304 cm³/mol. The molecule has 10 aromatic carbocycles. The van der Waals surface area contributed by atoms with Gasteiger partial charge in [-0.3, -0.25) is 0 Å². The first-order chi connectivity index (χ1) is 37.1. The largest absolute Gasteiger partial charge is 0.465 e. The van der Waals surface area contributed by atoms with Crippen molar-refractivity contribution in [1.82, 2.24) is 0 Å². The van der Waals surface area contributed by atoms with Gasteiger partial charge in [0.15, 0.2) is 0 Å². The molecule has 0 fully saturated rings. The van der Waals surface area contributed by atoms with Crippen molar-refractivity contribution in [2.24, 2.45) is 0 Å². The van der Waals surface area contributed by atoms with Gasteiger partial charge in [0, 0.05) is 39.2 Å². The van der Waals surface area contributed by atoms with Crippen LogP contribution in [0.4, 0.5) is 0 Å². The lowest BCUT2D eigenvalue weighted by Crippen LogP contribution is -2.02. The van der Waals surface area contributed by atoms with Crippen LogP contribution < -0.4 is 0 Å². The van der Waals surface area contributed by atoms with E-state index in [1.54, 1.807) is 71.3 Å². The summed E-state index contributed by atoms with van der Waals surface area (Å²) >= 11 is 7.06. The van der Waals surface area contributed by atoms with Crippen LogP contribution >= 0.6 is 47.0 Å². The number of carbonyl (C=O) groups excluding carboxylic acids is 4. The van der Waals surface area contributed by atoms with Crippen molar-refractivity contribution in [2.45, 2.75) is 39.2 Å². The van der Waals surface area contributed by atoms with Gasteiger partial charge in [-0.1, -0.05) is 156 Å². The van der Waals surface area contributed by atoms with Crippen LogP contribution in [0.1, 0.15) is 41.4 Å². The second kappa shape index (κ2) is 21.7. The zero-order chi connectivity index (χ0) is 52.5. The van der Waals surface area contributed by atoms with E-state index in [1.165, 1.54) is 67.6 Å². The molecular formula is C64H44O8S4. The Hall–Kier alpha value is -8.00. The summed E-state index contributed by atoms with van der Waals surface area (Å²) in [6.45, 7) is 0. The maximum Gasteiger partial charge on any atom is 0.338 e. The molecule has 0 aromatic heterocycles. The van der Waals surface area contributed by atoms with E-state index >= 15 is 0 Å². The molecule has 0 spiro atoms. The molecule has 2 heterocycles. The zero-order valence-electron chi connectivity index (χ0n) is 41.4. The third-order valence-corrected chi connectivity index (χ3v) is 18.3. The first-order valence-electron chi connectivity index (χ1n) is 24.0. The maximum atomic E-state index is 12.4. The number of rotatable bonds is 8. The van der Waals surface area contributed by atoms with Crippen molar-refractivity contribution in [2.75, 3.05) is 28.4 Å². The number of hydrogen-bond acceptors (Lipinski definition) is 12. The maximum absolute atomic E-state index is 12.4. The van der Waals surface area contributed by atoms with E-state index in [-0.39, 0.29) is 23.9 Å². The van der Waals surface area contributed by atoms with Gasteiger partial charge in [-0.25, -0.2) is 19.2 Å². The van der Waals surface area contributed by atoms with Crippen molar-refractivity contribution >= 4 is 92.5 Å². The number of carbonyl (C=O) groups is 4. The standard InChI is InChI=1S/C36H24O4S2.C28H20O4S2/c1-39-35(37)29-15-13-23(25-7-3-5-9-27(25)29)21-11-17-31-33(19-21)41-32-18-12-22(20-34(32)42-31)24-14-16-30(36(38)40-2)28-10-6-4-8-26(24)28;1-31-27(29)19-7-3-17(4-8-19)21-11-13-23-25(15-21)33-24-14-12-22(16-26(24)34-23)18-5-9-20(10-6-18)28(30)32-2/h3-20H,1-2H3;3-16H,1-2H3. The van der Waals surface area contributed by atoms with E-state index in [2.05, 4.69) is 84.9 Å². The summed E-state index contributed by atoms with van der Waals surface area (Å²) in [4.78, 5) is 57.8. The quantitative estimate of drug-likeness (QED) is 0.107. The molecule has 0 bridgehead atoms. The summed E-state index contributed by atoms with van der Waals surface area (Å²) in [5, 5.41) is 3.80. The monoisotopic (exact) mass is 1070 g/mol. The molecule has 372 valence electrons. The molecule has 2 aliphatic heterocycles. The fourth-order valence-electron chi connectivity index (χ4n) is 9.37. The van der Waals surface area contributed by atoms with Gasteiger partial charge in [0.2, 0.25) is 0 Å². The Balaban J connectivity index is 0.000000166. The van der Waals surface area contributed by atoms with Crippen LogP contribution in [0.25, 0.3) is 66.1 Å². The fraction of sp³-hybridized carbons (Fsp3) is 0.0625. The lowest BCUT2D eigenvalue weighted by Gasteiger charge is -2.21. The minimum absolute atomic E-state index is 0.334. The topological polar surface area (TPSA) is 105 Å². The average Bonchev–Trinajstić information content (AvgIpc) is 3.49. The lowest BCUT2D eigenvalue weighted by molar-refractivity contribution is 0.0592. The van der Waals surface area contributed by atoms with E-state index in [0.29, 0.717) is 22.3 Å². The van der Waals surface area contributed by atoms with Crippen LogP contribution in [0.3, 0.4) is 0 Å². The highest BCUT2D eigenvalue weighted by molar-refractivity contribution is 8.05. The highest BCUT2D eigenvalue weighted by Gasteiger charge is 2.23. The average molecular weight is 1070 g/mol. The number of methoxy groups -OCH3 is 4. The second-order valence-corrected chi connectivity index (χ2v) is 21.9. The highest BCUT2D eigenvalue weighted by Crippen LogP contribution is 2.52. The summed E-state index contributed by atoms with van der Waals surface area (Å²) in [6.07, 6.45) is 0. The molecule has 0 saturated heterocycles. The number of fused-ring (bicyclic) bond motifs is 6. The van der Waals surface area contributed by atoms with Crippen LogP contribution in [0.5, 0.6) is 0 Å². The van der Waals surface area contributed by atoms with Gasteiger partial charge in [0.05, 0.1) is 50.7 Å². The Morgan fingerprint density at radius 1 is 0.276 bits per heavy atom. The van der Waals surface area contributed by atoms with Gasteiger partial charge in [-0.15, -0.1) is 0 Å². The summed E-state index contributed by atoms with van der Waals surface area (Å²) in [6, 6.07) is 64.6. The minimum Gasteiger partial charge on any atom is -0.465 e. The Labute approximate surface area is 456 Å². The number of ether oxygens (including phenoxy) is 4. The van der Waals surface area contributed by atoms with E-state index < -0.39 is 0 Å². The number of esters is 4. The van der Waals surface area contributed by atoms with Crippen molar-refractivity contribution in [1.29, 1.82) is 0 Å². The number of hydrogen-bond donors (Lipinski definition) is 0. The van der Waals surface area contributed by atoms with Gasteiger partial charge < -0.3 is 18.9 Å². The number of benzene rings is 10. The smallest absolute Gasteiger partial charge is 0.338 e. The highest BCUT2D eigenvalue weighted by atomic mass is 32.2. The van der Waals surface area contributed by atoms with Gasteiger partial charge in [0.25, 0.3) is 0 Å². The molecule has 2 aliphatic rings. The third-order valence-electron chi connectivity index (χ3n) is 13.2. The van der Waals surface area contributed by atoms with Crippen molar-refractivity contribution in [3.63, 3.8) is 0 Å². The molecule has 76 heavy (non-hydrogen) atoms. The Morgan fingerprint density at radius 2 is 0.566 bits per heavy atom. The molecule has 12 rings (SSSR count). The molecule has 10 aromatic rings. The minimum atomic E-state index is -0.335. The lowest BCUT2D eigenvalue weighted by atomic mass is 9.95. The Kier molecular flexibility index (Phi) is 14.3. The summed E-state index contributed by atoms with van der Waals surface area (Å²) in [5.74, 6) is -1.34. The molecule has 8 nitrogen and oxygen atoms in total.